The molecule has 0 fully saturated rings. The van der Waals surface area contributed by atoms with Crippen molar-refractivity contribution in [3.05, 3.63) is 109 Å². The van der Waals surface area contributed by atoms with Gasteiger partial charge in [0, 0.05) is 6.42 Å². The number of allylic oxidation sites excluding steroid dienone is 18. The molecule has 0 saturated carbocycles. The zero-order valence-electron chi connectivity index (χ0n) is 37.8. The van der Waals surface area contributed by atoms with Crippen LogP contribution in [-0.4, -0.2) is 34.9 Å². The van der Waals surface area contributed by atoms with E-state index in [0.29, 0.717) is 12.8 Å². The molecule has 4 heteroatoms. The molecule has 0 aliphatic heterocycles. The van der Waals surface area contributed by atoms with Crippen molar-refractivity contribution in [1.29, 1.82) is 0 Å². The van der Waals surface area contributed by atoms with Crippen molar-refractivity contribution in [1.82, 2.24) is 5.32 Å². The number of hydrogen-bond acceptors (Lipinski definition) is 3. The lowest BCUT2D eigenvalue weighted by Gasteiger charge is -2.22. The summed E-state index contributed by atoms with van der Waals surface area (Å²) in [6, 6.07) is -0.562. The Morgan fingerprint density at radius 1 is 0.431 bits per heavy atom. The van der Waals surface area contributed by atoms with Gasteiger partial charge in [-0.05, 0) is 83.5 Å². The van der Waals surface area contributed by atoms with Crippen LogP contribution in [0.3, 0.4) is 0 Å². The summed E-state index contributed by atoms with van der Waals surface area (Å²) in [5, 5.41) is 23.2. The van der Waals surface area contributed by atoms with E-state index < -0.39 is 12.1 Å². The van der Waals surface area contributed by atoms with E-state index in [1.165, 1.54) is 83.5 Å². The number of aliphatic hydroxyl groups is 2. The van der Waals surface area contributed by atoms with E-state index in [2.05, 4.69) is 129 Å². The van der Waals surface area contributed by atoms with E-state index in [1.54, 1.807) is 0 Å². The Morgan fingerprint density at radius 2 is 0.759 bits per heavy atom. The highest BCUT2D eigenvalue weighted by Gasteiger charge is 2.19. The third-order valence-electron chi connectivity index (χ3n) is 10.3. The average molecular weight is 802 g/mol. The normalized spacial score (nSPS) is 13.9. The highest BCUT2D eigenvalue weighted by molar-refractivity contribution is 5.76. The minimum Gasteiger partial charge on any atom is -0.394 e. The highest BCUT2D eigenvalue weighted by Crippen LogP contribution is 2.15. The zero-order valence-corrected chi connectivity index (χ0v) is 37.8. The summed E-state index contributed by atoms with van der Waals surface area (Å²) < 4.78 is 0. The maximum absolute atomic E-state index is 12.4. The Hall–Kier alpha value is -2.95. The first kappa shape index (κ1) is 55.0. The summed E-state index contributed by atoms with van der Waals surface area (Å²) in [5.41, 5.74) is 0. The summed E-state index contributed by atoms with van der Waals surface area (Å²) in [6.45, 7) is 4.22. The lowest BCUT2D eigenvalue weighted by molar-refractivity contribution is -0.123. The summed E-state index contributed by atoms with van der Waals surface area (Å²) >= 11 is 0. The van der Waals surface area contributed by atoms with E-state index in [-0.39, 0.29) is 12.5 Å². The van der Waals surface area contributed by atoms with Gasteiger partial charge in [-0.2, -0.15) is 0 Å². The summed E-state index contributed by atoms with van der Waals surface area (Å²) in [7, 11) is 0. The van der Waals surface area contributed by atoms with Gasteiger partial charge < -0.3 is 15.5 Å². The van der Waals surface area contributed by atoms with Crippen molar-refractivity contribution in [2.24, 2.45) is 0 Å². The number of amides is 1. The van der Waals surface area contributed by atoms with Crippen LogP contribution in [0.25, 0.3) is 0 Å². The van der Waals surface area contributed by atoms with Crippen LogP contribution in [0.4, 0.5) is 0 Å². The van der Waals surface area contributed by atoms with Gasteiger partial charge in [-0.3, -0.25) is 4.79 Å². The SMILES string of the molecule is CC/C=C\C/C=C\C/C=C\C/C=C\C/C=C\C/C=C\C/C=C\C/C=C\C/C=C\CCCCCC(=O)NC(CO)C(O)CCCCCCCCCCCCCCCCC. The molecule has 0 aliphatic rings. The van der Waals surface area contributed by atoms with Crippen molar-refractivity contribution in [3.63, 3.8) is 0 Å². The van der Waals surface area contributed by atoms with Gasteiger partial charge in [-0.1, -0.05) is 226 Å². The third kappa shape index (κ3) is 44.2. The molecule has 0 saturated heterocycles. The number of carbonyl (C=O) groups excluding carboxylic acids is 1. The number of rotatable bonds is 42. The smallest absolute Gasteiger partial charge is 0.220 e. The van der Waals surface area contributed by atoms with Crippen molar-refractivity contribution >= 4 is 5.91 Å². The van der Waals surface area contributed by atoms with E-state index in [1.807, 2.05) is 0 Å². The van der Waals surface area contributed by atoms with Crippen LogP contribution in [0.5, 0.6) is 0 Å². The monoisotopic (exact) mass is 802 g/mol. The Bertz CT molecular complexity index is 1140. The summed E-state index contributed by atoms with van der Waals surface area (Å²) in [5.74, 6) is -0.0679. The Morgan fingerprint density at radius 3 is 1.12 bits per heavy atom. The first-order valence-corrected chi connectivity index (χ1v) is 24.1. The number of aliphatic hydroxyl groups excluding tert-OH is 2. The van der Waals surface area contributed by atoms with Crippen LogP contribution >= 0.6 is 0 Å². The summed E-state index contributed by atoms with van der Waals surface area (Å²) in [6.07, 6.45) is 73.1. The molecule has 3 N–H and O–H groups in total. The van der Waals surface area contributed by atoms with Crippen LogP contribution in [0.2, 0.25) is 0 Å². The average Bonchev–Trinajstić information content (AvgIpc) is 3.23. The molecule has 0 spiro atoms. The minimum absolute atomic E-state index is 0.0679. The topological polar surface area (TPSA) is 69.6 Å². The van der Waals surface area contributed by atoms with Gasteiger partial charge in [0.25, 0.3) is 0 Å². The molecular formula is C54H91NO3. The zero-order chi connectivity index (χ0) is 42.1. The molecule has 2 atom stereocenters. The third-order valence-corrected chi connectivity index (χ3v) is 10.3. The maximum atomic E-state index is 12.4. The standard InChI is InChI=1S/C54H91NO3/c1-3-5-7-9-11-13-15-17-19-20-21-22-23-24-25-26-27-28-29-30-31-32-33-34-36-38-40-42-44-46-48-50-54(58)55-52(51-56)53(57)49-47-45-43-41-39-37-35-18-16-14-12-10-8-6-4-2/h5,7,11,13,17,19,21-22,24-25,27-28,30-31,33-34,38,40,52-53,56-57H,3-4,6,8-10,12,14-16,18,20,23,26,29,32,35-37,39,41-51H2,1-2H3,(H,55,58)/b7-5-,13-11-,19-17-,22-21-,25-24-,28-27-,31-30-,34-33-,40-38-. The largest absolute Gasteiger partial charge is 0.394 e. The van der Waals surface area contributed by atoms with Crippen LogP contribution in [0.1, 0.15) is 206 Å². The van der Waals surface area contributed by atoms with Gasteiger partial charge in [0.2, 0.25) is 5.91 Å². The fourth-order valence-electron chi connectivity index (χ4n) is 6.65. The van der Waals surface area contributed by atoms with E-state index in [0.717, 1.165) is 96.3 Å². The molecule has 1 amide bonds. The van der Waals surface area contributed by atoms with Crippen LogP contribution in [0.15, 0.2) is 109 Å². The lowest BCUT2D eigenvalue weighted by atomic mass is 10.0. The fraction of sp³-hybridized carbons (Fsp3) is 0.648. The van der Waals surface area contributed by atoms with Crippen molar-refractivity contribution in [2.45, 2.75) is 219 Å². The van der Waals surface area contributed by atoms with Gasteiger partial charge in [0.05, 0.1) is 18.8 Å². The quantitative estimate of drug-likeness (QED) is 0.0425. The van der Waals surface area contributed by atoms with Crippen molar-refractivity contribution < 1.29 is 15.0 Å². The molecule has 0 radical (unpaired) electrons. The Kier molecular flexibility index (Phi) is 46.0. The van der Waals surface area contributed by atoms with E-state index in [4.69, 9.17) is 0 Å². The Labute approximate surface area is 359 Å². The Balaban J connectivity index is 3.69. The van der Waals surface area contributed by atoms with Crippen LogP contribution in [0, 0.1) is 0 Å². The molecule has 0 rings (SSSR count). The number of nitrogens with one attached hydrogen (secondary N) is 1. The fourth-order valence-corrected chi connectivity index (χ4v) is 6.65. The molecule has 0 aromatic rings. The van der Waals surface area contributed by atoms with Gasteiger partial charge in [-0.15, -0.1) is 0 Å². The molecular weight excluding hydrogens is 711 g/mol. The first-order chi connectivity index (χ1) is 28.7. The van der Waals surface area contributed by atoms with Crippen molar-refractivity contribution in [3.8, 4) is 0 Å². The van der Waals surface area contributed by atoms with Gasteiger partial charge >= 0.3 is 0 Å². The van der Waals surface area contributed by atoms with E-state index >= 15 is 0 Å². The number of carbonyl (C=O) groups is 1. The molecule has 2 unspecified atom stereocenters. The first-order valence-electron chi connectivity index (χ1n) is 24.1. The second kappa shape index (κ2) is 48.4. The second-order valence-electron chi connectivity index (χ2n) is 15.8. The van der Waals surface area contributed by atoms with Gasteiger partial charge in [-0.25, -0.2) is 0 Å². The number of unbranched alkanes of at least 4 members (excludes halogenated alkanes) is 17. The van der Waals surface area contributed by atoms with Crippen molar-refractivity contribution in [2.75, 3.05) is 6.61 Å². The van der Waals surface area contributed by atoms with Crippen LogP contribution < -0.4 is 5.32 Å². The number of hydrogen-bond donors (Lipinski definition) is 3. The molecule has 4 nitrogen and oxygen atoms in total. The lowest BCUT2D eigenvalue weighted by Crippen LogP contribution is -2.45. The maximum Gasteiger partial charge on any atom is 0.220 e. The van der Waals surface area contributed by atoms with Crippen LogP contribution in [-0.2, 0) is 4.79 Å². The molecule has 0 aliphatic carbocycles. The molecule has 58 heavy (non-hydrogen) atoms. The minimum atomic E-state index is -0.681. The molecule has 0 heterocycles. The molecule has 0 aromatic carbocycles. The van der Waals surface area contributed by atoms with E-state index in [9.17, 15) is 15.0 Å². The second-order valence-corrected chi connectivity index (χ2v) is 15.8. The van der Waals surface area contributed by atoms with Gasteiger partial charge in [0.1, 0.15) is 0 Å². The predicted octanol–water partition coefficient (Wildman–Crippen LogP) is 15.6. The van der Waals surface area contributed by atoms with Gasteiger partial charge in [0.15, 0.2) is 0 Å². The predicted molar refractivity (Wildman–Crippen MR) is 257 cm³/mol. The molecule has 0 bridgehead atoms. The summed E-state index contributed by atoms with van der Waals surface area (Å²) in [4.78, 5) is 12.4. The molecule has 0 aromatic heterocycles. The highest BCUT2D eigenvalue weighted by atomic mass is 16.3. The molecule has 330 valence electrons.